The molecule has 0 heterocycles. The molecule has 1 aliphatic rings. The van der Waals surface area contributed by atoms with Gasteiger partial charge in [-0.2, -0.15) is 0 Å². The molecule has 2 aromatic rings. The summed E-state index contributed by atoms with van der Waals surface area (Å²) in [5.74, 6) is -0.485. The van der Waals surface area contributed by atoms with Crippen LogP contribution in [0.2, 0.25) is 10.0 Å². The Labute approximate surface area is 162 Å². The van der Waals surface area contributed by atoms with Crippen molar-refractivity contribution in [1.82, 2.24) is 0 Å². The number of hydrogen-bond donors (Lipinski definition) is 2. The highest BCUT2D eigenvalue weighted by Gasteiger charge is 2.24. The van der Waals surface area contributed by atoms with Crippen LogP contribution in [-0.2, 0) is 9.59 Å². The molecule has 0 saturated carbocycles. The van der Waals surface area contributed by atoms with Crippen LogP contribution in [0.15, 0.2) is 59.7 Å². The van der Waals surface area contributed by atoms with E-state index in [0.29, 0.717) is 45.4 Å². The van der Waals surface area contributed by atoms with Gasteiger partial charge in [-0.05, 0) is 74.2 Å². The fourth-order valence-electron chi connectivity index (χ4n) is 2.89. The quantitative estimate of drug-likeness (QED) is 0.732. The third-order valence-corrected chi connectivity index (χ3v) is 4.72. The number of halogens is 2. The van der Waals surface area contributed by atoms with E-state index in [2.05, 4.69) is 10.6 Å². The number of nitrogens with one attached hydrogen (secondary N) is 2. The Balaban J connectivity index is 1.78. The van der Waals surface area contributed by atoms with E-state index in [0.717, 1.165) is 12.8 Å². The van der Waals surface area contributed by atoms with Crippen LogP contribution >= 0.6 is 23.2 Å². The van der Waals surface area contributed by atoms with Gasteiger partial charge in [-0.15, -0.1) is 0 Å². The second-order valence-electron chi connectivity index (χ2n) is 6.09. The molecule has 3 rings (SSSR count). The minimum atomic E-state index is -0.242. The number of carbonyl (C=O) groups excluding carboxylic acids is 2. The van der Waals surface area contributed by atoms with Crippen LogP contribution in [0.3, 0.4) is 0 Å². The topological polar surface area (TPSA) is 58.2 Å². The van der Waals surface area contributed by atoms with Crippen LogP contribution in [0.1, 0.15) is 25.7 Å². The van der Waals surface area contributed by atoms with Gasteiger partial charge in [0.2, 0.25) is 0 Å². The molecule has 0 spiro atoms. The normalized spacial score (nSPS) is 14.1. The van der Waals surface area contributed by atoms with Crippen molar-refractivity contribution in [3.8, 4) is 0 Å². The molecule has 0 aliphatic heterocycles. The Hall–Kier alpha value is -2.30. The van der Waals surface area contributed by atoms with Gasteiger partial charge in [0.1, 0.15) is 0 Å². The van der Waals surface area contributed by atoms with Gasteiger partial charge in [0.15, 0.2) is 0 Å². The Morgan fingerprint density at radius 2 is 1.00 bits per heavy atom. The van der Waals surface area contributed by atoms with Gasteiger partial charge in [0.05, 0.1) is 0 Å². The van der Waals surface area contributed by atoms with Crippen molar-refractivity contribution in [3.63, 3.8) is 0 Å². The number of anilines is 2. The highest BCUT2D eigenvalue weighted by atomic mass is 35.5. The van der Waals surface area contributed by atoms with Gasteiger partial charge in [0, 0.05) is 32.6 Å². The fourth-order valence-corrected chi connectivity index (χ4v) is 3.14. The molecule has 0 unspecified atom stereocenters. The van der Waals surface area contributed by atoms with Crippen LogP contribution in [-0.4, -0.2) is 11.8 Å². The summed E-state index contributed by atoms with van der Waals surface area (Å²) < 4.78 is 0. The maximum atomic E-state index is 12.7. The average molecular weight is 389 g/mol. The number of carbonyl (C=O) groups is 2. The van der Waals surface area contributed by atoms with E-state index in [-0.39, 0.29) is 11.8 Å². The van der Waals surface area contributed by atoms with Crippen molar-refractivity contribution < 1.29 is 9.59 Å². The molecule has 134 valence electrons. The standard InChI is InChI=1S/C20H18Cl2N2O2/c21-13-5-9-15(10-6-13)23-19(25)17-3-1-2-4-18(17)20(26)24-16-11-7-14(22)8-12-16/h5-12H,1-4H2,(H,23,25)(H,24,26). The Bertz CT molecular complexity index is 772. The van der Waals surface area contributed by atoms with E-state index in [1.807, 2.05) is 0 Å². The molecule has 2 N–H and O–H groups in total. The smallest absolute Gasteiger partial charge is 0.252 e. The molecule has 0 radical (unpaired) electrons. The first kappa shape index (κ1) is 18.5. The lowest BCUT2D eigenvalue weighted by Crippen LogP contribution is -2.24. The van der Waals surface area contributed by atoms with Crippen molar-refractivity contribution in [2.45, 2.75) is 25.7 Å². The van der Waals surface area contributed by atoms with Crippen LogP contribution in [0.4, 0.5) is 11.4 Å². The van der Waals surface area contributed by atoms with E-state index < -0.39 is 0 Å². The fraction of sp³-hybridized carbons (Fsp3) is 0.200. The van der Waals surface area contributed by atoms with E-state index in [1.165, 1.54) is 0 Å². The highest BCUT2D eigenvalue weighted by molar-refractivity contribution is 6.31. The lowest BCUT2D eigenvalue weighted by molar-refractivity contribution is -0.115. The molecule has 0 saturated heterocycles. The van der Waals surface area contributed by atoms with E-state index in [9.17, 15) is 9.59 Å². The maximum Gasteiger partial charge on any atom is 0.252 e. The predicted octanol–water partition coefficient (Wildman–Crippen LogP) is 5.44. The zero-order chi connectivity index (χ0) is 18.5. The molecular weight excluding hydrogens is 371 g/mol. The lowest BCUT2D eigenvalue weighted by Gasteiger charge is -2.19. The van der Waals surface area contributed by atoms with Crippen molar-refractivity contribution in [3.05, 3.63) is 69.7 Å². The summed E-state index contributed by atoms with van der Waals surface area (Å²) in [7, 11) is 0. The molecule has 4 nitrogen and oxygen atoms in total. The maximum absolute atomic E-state index is 12.7. The van der Waals surface area contributed by atoms with Crippen molar-refractivity contribution in [2.24, 2.45) is 0 Å². The number of hydrogen-bond acceptors (Lipinski definition) is 2. The zero-order valence-corrected chi connectivity index (χ0v) is 15.5. The summed E-state index contributed by atoms with van der Waals surface area (Å²) in [6.07, 6.45) is 2.95. The van der Waals surface area contributed by atoms with Crippen molar-refractivity contribution in [2.75, 3.05) is 10.6 Å². The highest BCUT2D eigenvalue weighted by Crippen LogP contribution is 2.27. The van der Waals surface area contributed by atoms with Crippen LogP contribution < -0.4 is 10.6 Å². The summed E-state index contributed by atoms with van der Waals surface area (Å²) in [4.78, 5) is 25.3. The first-order valence-electron chi connectivity index (χ1n) is 8.39. The van der Waals surface area contributed by atoms with Crippen LogP contribution in [0.5, 0.6) is 0 Å². The van der Waals surface area contributed by atoms with Gasteiger partial charge >= 0.3 is 0 Å². The van der Waals surface area contributed by atoms with E-state index in [1.54, 1.807) is 48.5 Å². The van der Waals surface area contributed by atoms with Crippen LogP contribution in [0, 0.1) is 0 Å². The second kappa shape index (κ2) is 8.39. The van der Waals surface area contributed by atoms with Gasteiger partial charge in [-0.25, -0.2) is 0 Å². The predicted molar refractivity (Wildman–Crippen MR) is 106 cm³/mol. The first-order chi connectivity index (χ1) is 12.5. The molecule has 0 bridgehead atoms. The Morgan fingerprint density at radius 1 is 0.654 bits per heavy atom. The number of benzene rings is 2. The monoisotopic (exact) mass is 388 g/mol. The molecule has 6 heteroatoms. The molecule has 0 fully saturated rings. The molecular formula is C20H18Cl2N2O2. The summed E-state index contributed by atoms with van der Waals surface area (Å²) in [5.41, 5.74) is 2.38. The Morgan fingerprint density at radius 3 is 1.35 bits per heavy atom. The van der Waals surface area contributed by atoms with Gasteiger partial charge in [-0.1, -0.05) is 23.2 Å². The largest absolute Gasteiger partial charge is 0.322 e. The molecule has 2 aromatic carbocycles. The van der Waals surface area contributed by atoms with Gasteiger partial charge in [0.25, 0.3) is 11.8 Å². The van der Waals surface area contributed by atoms with E-state index in [4.69, 9.17) is 23.2 Å². The van der Waals surface area contributed by atoms with E-state index >= 15 is 0 Å². The molecule has 0 atom stereocenters. The Kier molecular flexibility index (Phi) is 5.96. The van der Waals surface area contributed by atoms with Gasteiger partial charge in [-0.3, -0.25) is 9.59 Å². The van der Waals surface area contributed by atoms with Gasteiger partial charge < -0.3 is 10.6 Å². The SMILES string of the molecule is O=C(Nc1ccc(Cl)cc1)C1=C(C(=O)Nc2ccc(Cl)cc2)CCCC1. The molecule has 26 heavy (non-hydrogen) atoms. The molecule has 0 aromatic heterocycles. The van der Waals surface area contributed by atoms with Crippen molar-refractivity contribution in [1.29, 1.82) is 0 Å². The van der Waals surface area contributed by atoms with Crippen molar-refractivity contribution >= 4 is 46.4 Å². The second-order valence-corrected chi connectivity index (χ2v) is 6.96. The first-order valence-corrected chi connectivity index (χ1v) is 9.14. The molecule has 1 aliphatic carbocycles. The van der Waals surface area contributed by atoms with Crippen LogP contribution in [0.25, 0.3) is 0 Å². The molecule has 2 amide bonds. The summed E-state index contributed by atoms with van der Waals surface area (Å²) >= 11 is 11.7. The summed E-state index contributed by atoms with van der Waals surface area (Å²) in [6.45, 7) is 0. The minimum absolute atomic E-state index is 0.242. The zero-order valence-electron chi connectivity index (χ0n) is 14.0. The minimum Gasteiger partial charge on any atom is -0.322 e. The average Bonchev–Trinajstić information content (AvgIpc) is 2.65. The third kappa shape index (κ3) is 4.65. The number of rotatable bonds is 4. The lowest BCUT2D eigenvalue weighted by atomic mass is 9.90. The summed E-state index contributed by atoms with van der Waals surface area (Å²) in [6, 6.07) is 13.8. The summed E-state index contributed by atoms with van der Waals surface area (Å²) in [5, 5.41) is 6.88. The third-order valence-electron chi connectivity index (χ3n) is 4.22. The number of amides is 2.